The number of benzene rings is 1. The molecule has 3 rings (SSSR count). The lowest BCUT2D eigenvalue weighted by atomic mass is 10.2. The van der Waals surface area contributed by atoms with Gasteiger partial charge < -0.3 is 23.5 Å². The van der Waals surface area contributed by atoms with Gasteiger partial charge in [-0.3, -0.25) is 0 Å². The quantitative estimate of drug-likeness (QED) is 0.653. The van der Waals surface area contributed by atoms with Gasteiger partial charge in [-0.1, -0.05) is 11.2 Å². The van der Waals surface area contributed by atoms with Crippen LogP contribution in [0.25, 0.3) is 17.7 Å². The van der Waals surface area contributed by atoms with E-state index in [0.29, 0.717) is 28.6 Å². The molecule has 0 bridgehead atoms. The third-order valence-corrected chi connectivity index (χ3v) is 3.16. The molecule has 3 aromatic rings. The van der Waals surface area contributed by atoms with Crippen LogP contribution in [0.3, 0.4) is 0 Å². The van der Waals surface area contributed by atoms with Crippen LogP contribution in [0, 0.1) is 0 Å². The number of carboxylic acids is 1. The van der Waals surface area contributed by atoms with Crippen molar-refractivity contribution in [3.63, 3.8) is 0 Å². The predicted molar refractivity (Wildman–Crippen MR) is 86.0 cm³/mol. The van der Waals surface area contributed by atoms with Gasteiger partial charge in [-0.05, 0) is 35.9 Å². The fourth-order valence-corrected chi connectivity index (χ4v) is 2.03. The molecule has 2 aromatic heterocycles. The van der Waals surface area contributed by atoms with E-state index in [9.17, 15) is 4.79 Å². The Morgan fingerprint density at radius 1 is 1.32 bits per heavy atom. The van der Waals surface area contributed by atoms with Crippen LogP contribution in [0.15, 0.2) is 51.6 Å². The van der Waals surface area contributed by atoms with Crippen molar-refractivity contribution in [3.05, 3.63) is 54.1 Å². The second-order valence-electron chi connectivity index (χ2n) is 4.86. The van der Waals surface area contributed by atoms with Crippen molar-refractivity contribution < 1.29 is 28.3 Å². The largest absolute Gasteiger partial charge is 0.493 e. The third kappa shape index (κ3) is 4.05. The first-order valence-electron chi connectivity index (χ1n) is 7.24. The number of nitrogens with zero attached hydrogens (tertiary/aromatic N) is 2. The van der Waals surface area contributed by atoms with E-state index >= 15 is 0 Å². The minimum absolute atomic E-state index is 0.0743. The first-order valence-corrected chi connectivity index (χ1v) is 7.24. The van der Waals surface area contributed by atoms with E-state index in [-0.39, 0.29) is 12.5 Å². The molecular formula is C17H14N2O6. The second kappa shape index (κ2) is 7.35. The lowest BCUT2D eigenvalue weighted by Crippen LogP contribution is -1.99. The maximum absolute atomic E-state index is 10.6. The summed E-state index contributed by atoms with van der Waals surface area (Å²) < 4.78 is 21.2. The zero-order valence-corrected chi connectivity index (χ0v) is 13.2. The van der Waals surface area contributed by atoms with Gasteiger partial charge in [-0.25, -0.2) is 4.79 Å². The highest BCUT2D eigenvalue weighted by Crippen LogP contribution is 2.29. The third-order valence-electron chi connectivity index (χ3n) is 3.16. The zero-order chi connectivity index (χ0) is 17.6. The van der Waals surface area contributed by atoms with Crippen LogP contribution in [0.1, 0.15) is 11.4 Å². The number of rotatable bonds is 7. The molecule has 0 amide bonds. The predicted octanol–water partition coefficient (Wildman–Crippen LogP) is 3.02. The van der Waals surface area contributed by atoms with E-state index in [2.05, 4.69) is 10.1 Å². The van der Waals surface area contributed by atoms with Gasteiger partial charge in [0.05, 0.1) is 13.4 Å². The molecule has 0 aliphatic heterocycles. The van der Waals surface area contributed by atoms with E-state index in [1.165, 1.54) is 19.4 Å². The monoisotopic (exact) mass is 342 g/mol. The van der Waals surface area contributed by atoms with E-state index in [1.54, 1.807) is 30.3 Å². The highest BCUT2D eigenvalue weighted by atomic mass is 16.5. The molecule has 25 heavy (non-hydrogen) atoms. The topological polar surface area (TPSA) is 108 Å². The number of carbonyl (C=O) groups is 1. The van der Waals surface area contributed by atoms with Crippen LogP contribution < -0.4 is 9.47 Å². The number of furan rings is 1. The molecule has 0 aliphatic carbocycles. The average Bonchev–Trinajstić information content (AvgIpc) is 3.29. The highest BCUT2D eigenvalue weighted by molar-refractivity contribution is 5.85. The van der Waals surface area contributed by atoms with Crippen molar-refractivity contribution >= 4 is 12.0 Å². The molecule has 0 unspecified atom stereocenters. The molecule has 8 nitrogen and oxygen atoms in total. The summed E-state index contributed by atoms with van der Waals surface area (Å²) in [7, 11) is 1.50. The number of hydrogen-bond acceptors (Lipinski definition) is 7. The Balaban J connectivity index is 1.69. The number of ether oxygens (including phenoxy) is 2. The van der Waals surface area contributed by atoms with Crippen molar-refractivity contribution in [1.29, 1.82) is 0 Å². The Bertz CT molecular complexity index is 882. The maximum Gasteiger partial charge on any atom is 0.328 e. The zero-order valence-electron chi connectivity index (χ0n) is 13.2. The van der Waals surface area contributed by atoms with Crippen LogP contribution in [-0.4, -0.2) is 28.3 Å². The Hall–Kier alpha value is -3.55. The van der Waals surface area contributed by atoms with Crippen LogP contribution in [0.5, 0.6) is 11.5 Å². The SMILES string of the molecule is COc1cc(C=CC(=O)O)ccc1OCc1noc(-c2ccco2)n1. The van der Waals surface area contributed by atoms with Crippen LogP contribution in [-0.2, 0) is 11.4 Å². The summed E-state index contributed by atoms with van der Waals surface area (Å²) in [5.74, 6) is 1.00. The normalized spacial score (nSPS) is 10.9. The van der Waals surface area contributed by atoms with Crippen molar-refractivity contribution in [2.75, 3.05) is 7.11 Å². The van der Waals surface area contributed by atoms with Crippen molar-refractivity contribution in [3.8, 4) is 23.1 Å². The Morgan fingerprint density at radius 3 is 2.92 bits per heavy atom. The summed E-state index contributed by atoms with van der Waals surface area (Å²) >= 11 is 0. The molecule has 0 radical (unpaired) electrons. The highest BCUT2D eigenvalue weighted by Gasteiger charge is 2.12. The molecule has 1 aromatic carbocycles. The van der Waals surface area contributed by atoms with Crippen LogP contribution in [0.4, 0.5) is 0 Å². The Morgan fingerprint density at radius 2 is 2.20 bits per heavy atom. The van der Waals surface area contributed by atoms with Gasteiger partial charge >= 0.3 is 5.97 Å². The minimum Gasteiger partial charge on any atom is -0.493 e. The van der Waals surface area contributed by atoms with E-state index in [1.807, 2.05) is 0 Å². The standard InChI is InChI=1S/C17H14N2O6/c1-22-14-9-11(5-7-16(20)21)4-6-12(14)24-10-15-18-17(25-19-15)13-3-2-8-23-13/h2-9H,10H2,1H3,(H,20,21). The molecule has 8 heteroatoms. The van der Waals surface area contributed by atoms with E-state index in [0.717, 1.165) is 6.08 Å². The minimum atomic E-state index is -1.02. The smallest absolute Gasteiger partial charge is 0.328 e. The fraction of sp³-hybridized carbons (Fsp3) is 0.118. The molecule has 0 spiro atoms. The molecule has 0 aliphatic rings. The van der Waals surface area contributed by atoms with Crippen molar-refractivity contribution in [2.24, 2.45) is 0 Å². The van der Waals surface area contributed by atoms with E-state index in [4.69, 9.17) is 23.5 Å². The van der Waals surface area contributed by atoms with Gasteiger partial charge in [0.2, 0.25) is 5.82 Å². The lowest BCUT2D eigenvalue weighted by Gasteiger charge is -2.09. The average molecular weight is 342 g/mol. The van der Waals surface area contributed by atoms with Gasteiger partial charge in [-0.15, -0.1) is 0 Å². The van der Waals surface area contributed by atoms with E-state index < -0.39 is 5.97 Å². The first-order chi connectivity index (χ1) is 12.2. The Labute approximate surface area is 142 Å². The summed E-state index contributed by atoms with van der Waals surface area (Å²) in [6.45, 7) is 0.0743. The number of aromatic nitrogens is 2. The number of methoxy groups -OCH3 is 1. The number of aliphatic carboxylic acids is 1. The summed E-state index contributed by atoms with van der Waals surface area (Å²) in [5.41, 5.74) is 0.672. The molecule has 0 atom stereocenters. The summed E-state index contributed by atoms with van der Waals surface area (Å²) in [6, 6.07) is 8.49. The van der Waals surface area contributed by atoms with Gasteiger partial charge in [0.25, 0.3) is 5.89 Å². The number of hydrogen-bond donors (Lipinski definition) is 1. The van der Waals surface area contributed by atoms with Gasteiger partial charge in [-0.2, -0.15) is 4.98 Å². The molecular weight excluding hydrogens is 328 g/mol. The van der Waals surface area contributed by atoms with Crippen molar-refractivity contribution in [2.45, 2.75) is 6.61 Å². The molecule has 1 N–H and O–H groups in total. The fourth-order valence-electron chi connectivity index (χ4n) is 2.03. The van der Waals surface area contributed by atoms with Crippen molar-refractivity contribution in [1.82, 2.24) is 10.1 Å². The summed E-state index contributed by atoms with van der Waals surface area (Å²) in [4.78, 5) is 14.7. The summed E-state index contributed by atoms with van der Waals surface area (Å²) in [5, 5.41) is 12.5. The van der Waals surface area contributed by atoms with Gasteiger partial charge in [0.15, 0.2) is 23.9 Å². The van der Waals surface area contributed by atoms with Crippen LogP contribution in [0.2, 0.25) is 0 Å². The van der Waals surface area contributed by atoms with Gasteiger partial charge in [0.1, 0.15) is 0 Å². The van der Waals surface area contributed by atoms with Crippen LogP contribution >= 0.6 is 0 Å². The molecule has 0 saturated carbocycles. The molecule has 0 fully saturated rings. The van der Waals surface area contributed by atoms with Gasteiger partial charge in [0, 0.05) is 6.08 Å². The summed E-state index contributed by atoms with van der Waals surface area (Å²) in [6.07, 6.45) is 4.02. The Kier molecular flexibility index (Phi) is 4.79. The second-order valence-corrected chi connectivity index (χ2v) is 4.86. The molecule has 2 heterocycles. The number of carboxylic acid groups (broad SMARTS) is 1. The molecule has 0 saturated heterocycles. The first kappa shape index (κ1) is 16.3. The maximum atomic E-state index is 10.6. The lowest BCUT2D eigenvalue weighted by molar-refractivity contribution is -0.131. The molecule has 128 valence electrons.